The van der Waals surface area contributed by atoms with Crippen LogP contribution in [0.3, 0.4) is 0 Å². The fourth-order valence-corrected chi connectivity index (χ4v) is 2.49. The predicted molar refractivity (Wildman–Crippen MR) is 58.0 cm³/mol. The molecule has 1 N–H and O–H groups in total. The number of hydrogen-bond acceptors (Lipinski definition) is 4. The largest absolute Gasteiger partial charge is 0.340 e. The quantitative estimate of drug-likeness (QED) is 0.754. The van der Waals surface area contributed by atoms with Crippen molar-refractivity contribution >= 4 is 5.88 Å². The molecular formula is C11H17N3O. The van der Waals surface area contributed by atoms with Crippen LogP contribution in [-0.4, -0.2) is 24.8 Å². The van der Waals surface area contributed by atoms with Gasteiger partial charge in [-0.05, 0) is 32.2 Å². The van der Waals surface area contributed by atoms with E-state index in [1.54, 1.807) is 0 Å². The second-order valence-electron chi connectivity index (χ2n) is 4.39. The van der Waals surface area contributed by atoms with Crippen LogP contribution in [0.15, 0.2) is 4.52 Å². The fraction of sp³-hybridized carbons (Fsp3) is 0.727. The minimum atomic E-state index is 0.868. The average Bonchev–Trinajstić information content (AvgIpc) is 2.74. The van der Waals surface area contributed by atoms with E-state index >= 15 is 0 Å². The molecule has 82 valence electrons. The van der Waals surface area contributed by atoms with Gasteiger partial charge in [-0.15, -0.1) is 0 Å². The van der Waals surface area contributed by atoms with Crippen molar-refractivity contribution in [2.45, 2.75) is 32.2 Å². The minimum absolute atomic E-state index is 0.868. The molecule has 0 atom stereocenters. The van der Waals surface area contributed by atoms with Gasteiger partial charge in [-0.3, -0.25) is 0 Å². The van der Waals surface area contributed by atoms with Gasteiger partial charge in [0.2, 0.25) is 5.88 Å². The number of piperidine rings is 1. The van der Waals surface area contributed by atoms with Gasteiger partial charge >= 0.3 is 0 Å². The summed E-state index contributed by atoms with van der Waals surface area (Å²) in [5.41, 5.74) is 2.46. The lowest BCUT2D eigenvalue weighted by Gasteiger charge is -2.27. The van der Waals surface area contributed by atoms with Gasteiger partial charge in [0.15, 0.2) is 0 Å². The van der Waals surface area contributed by atoms with Crippen LogP contribution in [0.25, 0.3) is 0 Å². The third kappa shape index (κ3) is 1.63. The number of aromatic nitrogens is 1. The molecule has 2 aliphatic heterocycles. The number of anilines is 1. The third-order valence-corrected chi connectivity index (χ3v) is 3.34. The van der Waals surface area contributed by atoms with E-state index < -0.39 is 0 Å². The van der Waals surface area contributed by atoms with E-state index in [4.69, 9.17) is 4.52 Å². The lowest BCUT2D eigenvalue weighted by Crippen LogP contribution is -2.31. The highest BCUT2D eigenvalue weighted by Gasteiger charge is 2.24. The van der Waals surface area contributed by atoms with E-state index in [2.05, 4.69) is 15.4 Å². The Bertz CT molecular complexity index is 342. The van der Waals surface area contributed by atoms with E-state index in [9.17, 15) is 0 Å². The number of hydrogen-bond donors (Lipinski definition) is 1. The molecule has 0 saturated carbocycles. The molecule has 0 unspecified atom stereocenters. The van der Waals surface area contributed by atoms with E-state index in [-0.39, 0.29) is 0 Å². The van der Waals surface area contributed by atoms with Crippen LogP contribution in [0.2, 0.25) is 0 Å². The molecule has 0 aliphatic carbocycles. The standard InChI is InChI=1S/C11H17N3O/c1-2-6-14(7-3-1)11-9-4-5-12-8-10(9)13-15-11/h12H,1-8H2. The van der Waals surface area contributed by atoms with Gasteiger partial charge in [0.05, 0.1) is 0 Å². The molecule has 2 aliphatic rings. The van der Waals surface area contributed by atoms with Gasteiger partial charge in [-0.25, -0.2) is 0 Å². The third-order valence-electron chi connectivity index (χ3n) is 3.34. The molecule has 1 saturated heterocycles. The Morgan fingerprint density at radius 2 is 2.07 bits per heavy atom. The maximum absolute atomic E-state index is 5.49. The zero-order valence-corrected chi connectivity index (χ0v) is 8.96. The van der Waals surface area contributed by atoms with Gasteiger partial charge in [0.1, 0.15) is 5.69 Å². The number of nitrogens with zero attached hydrogens (tertiary/aromatic N) is 2. The maximum Gasteiger partial charge on any atom is 0.230 e. The molecule has 4 heteroatoms. The normalized spacial score (nSPS) is 21.5. The SMILES string of the molecule is C1CCN(c2onc3c2CCNC3)CC1. The molecule has 1 aromatic rings. The van der Waals surface area contributed by atoms with Gasteiger partial charge in [-0.1, -0.05) is 5.16 Å². The Labute approximate surface area is 89.6 Å². The summed E-state index contributed by atoms with van der Waals surface area (Å²) in [7, 11) is 0. The van der Waals surface area contributed by atoms with Crippen LogP contribution < -0.4 is 10.2 Å². The van der Waals surface area contributed by atoms with Gasteiger partial charge in [0, 0.05) is 25.2 Å². The molecule has 1 fully saturated rings. The minimum Gasteiger partial charge on any atom is -0.340 e. The van der Waals surface area contributed by atoms with Gasteiger partial charge in [0.25, 0.3) is 0 Å². The molecule has 3 rings (SSSR count). The van der Waals surface area contributed by atoms with Crippen molar-refractivity contribution in [1.82, 2.24) is 10.5 Å². The number of nitrogens with one attached hydrogen (secondary N) is 1. The van der Waals surface area contributed by atoms with Crippen LogP contribution in [0.5, 0.6) is 0 Å². The summed E-state index contributed by atoms with van der Waals surface area (Å²) in [6.07, 6.45) is 4.99. The van der Waals surface area contributed by atoms with Crippen molar-refractivity contribution in [3.63, 3.8) is 0 Å². The summed E-state index contributed by atoms with van der Waals surface area (Å²) in [6, 6.07) is 0. The molecule has 1 aromatic heterocycles. The second kappa shape index (κ2) is 3.85. The highest BCUT2D eigenvalue weighted by Crippen LogP contribution is 2.28. The molecule has 0 bridgehead atoms. The molecule has 0 aromatic carbocycles. The lowest BCUT2D eigenvalue weighted by molar-refractivity contribution is 0.397. The van der Waals surface area contributed by atoms with Crippen molar-refractivity contribution in [2.75, 3.05) is 24.5 Å². The monoisotopic (exact) mass is 207 g/mol. The van der Waals surface area contributed by atoms with Crippen LogP contribution in [0.4, 0.5) is 5.88 Å². The first-order chi connectivity index (χ1) is 7.45. The van der Waals surface area contributed by atoms with Crippen LogP contribution >= 0.6 is 0 Å². The zero-order chi connectivity index (χ0) is 10.1. The first-order valence-electron chi connectivity index (χ1n) is 5.88. The highest BCUT2D eigenvalue weighted by atomic mass is 16.5. The number of fused-ring (bicyclic) bond motifs is 1. The summed E-state index contributed by atoms with van der Waals surface area (Å²) in [4.78, 5) is 2.36. The van der Waals surface area contributed by atoms with E-state index in [1.807, 2.05) is 0 Å². The Morgan fingerprint density at radius 1 is 1.20 bits per heavy atom. The summed E-state index contributed by atoms with van der Waals surface area (Å²) in [6.45, 7) is 4.19. The average molecular weight is 207 g/mol. The molecule has 15 heavy (non-hydrogen) atoms. The maximum atomic E-state index is 5.49. The van der Waals surface area contributed by atoms with Crippen molar-refractivity contribution < 1.29 is 4.52 Å². The van der Waals surface area contributed by atoms with Gasteiger partial charge in [-0.2, -0.15) is 0 Å². The second-order valence-corrected chi connectivity index (χ2v) is 4.39. The summed E-state index contributed by atoms with van der Waals surface area (Å²) >= 11 is 0. The lowest BCUT2D eigenvalue weighted by atomic mass is 10.1. The van der Waals surface area contributed by atoms with Crippen LogP contribution in [0, 0.1) is 0 Å². The Morgan fingerprint density at radius 3 is 2.93 bits per heavy atom. The topological polar surface area (TPSA) is 41.3 Å². The van der Waals surface area contributed by atoms with Crippen molar-refractivity contribution in [1.29, 1.82) is 0 Å². The smallest absolute Gasteiger partial charge is 0.230 e. The zero-order valence-electron chi connectivity index (χ0n) is 8.96. The molecule has 3 heterocycles. The van der Waals surface area contributed by atoms with Crippen LogP contribution in [-0.2, 0) is 13.0 Å². The summed E-state index contributed by atoms with van der Waals surface area (Å²) < 4.78 is 5.49. The van der Waals surface area contributed by atoms with Crippen LogP contribution in [0.1, 0.15) is 30.5 Å². The van der Waals surface area contributed by atoms with E-state index in [0.717, 1.165) is 44.2 Å². The van der Waals surface area contributed by atoms with E-state index in [0.29, 0.717) is 0 Å². The first kappa shape index (κ1) is 9.21. The first-order valence-corrected chi connectivity index (χ1v) is 5.88. The number of rotatable bonds is 1. The predicted octanol–water partition coefficient (Wildman–Crippen LogP) is 1.31. The van der Waals surface area contributed by atoms with E-state index in [1.165, 1.54) is 24.8 Å². The summed E-state index contributed by atoms with van der Waals surface area (Å²) in [5, 5.41) is 7.47. The Hall–Kier alpha value is -1.03. The van der Waals surface area contributed by atoms with Crippen molar-refractivity contribution in [3.05, 3.63) is 11.3 Å². The molecule has 4 nitrogen and oxygen atoms in total. The fourth-order valence-electron chi connectivity index (χ4n) is 2.49. The molecular weight excluding hydrogens is 190 g/mol. The molecule has 0 spiro atoms. The van der Waals surface area contributed by atoms with Crippen molar-refractivity contribution in [3.8, 4) is 0 Å². The van der Waals surface area contributed by atoms with Crippen molar-refractivity contribution in [2.24, 2.45) is 0 Å². The molecule has 0 amide bonds. The Balaban J connectivity index is 1.87. The summed E-state index contributed by atoms with van der Waals surface area (Å²) in [5.74, 6) is 1.05. The highest BCUT2D eigenvalue weighted by molar-refractivity contribution is 5.47. The molecule has 0 radical (unpaired) electrons. The van der Waals surface area contributed by atoms with Gasteiger partial charge < -0.3 is 14.7 Å². The Kier molecular flexibility index (Phi) is 2.37.